The van der Waals surface area contributed by atoms with Gasteiger partial charge in [0, 0.05) is 37.4 Å². The number of rotatable bonds is 4. The molecule has 1 saturated heterocycles. The van der Waals surface area contributed by atoms with Crippen LogP contribution in [0.2, 0.25) is 0 Å². The van der Waals surface area contributed by atoms with Gasteiger partial charge >= 0.3 is 6.03 Å². The van der Waals surface area contributed by atoms with E-state index in [4.69, 9.17) is 0 Å². The molecule has 8 nitrogen and oxygen atoms in total. The molecule has 4 rings (SSSR count). The summed E-state index contributed by atoms with van der Waals surface area (Å²) in [4.78, 5) is 32.4. The van der Waals surface area contributed by atoms with E-state index >= 15 is 0 Å². The molecule has 3 amide bonds. The van der Waals surface area contributed by atoms with E-state index in [1.165, 1.54) is 30.6 Å². The van der Waals surface area contributed by atoms with Crippen LogP contribution in [0.4, 0.5) is 14.9 Å². The first-order valence-corrected chi connectivity index (χ1v) is 9.60. The number of carbonyl (C=O) groups is 2. The average Bonchev–Trinajstić information content (AvgIpc) is 3.28. The van der Waals surface area contributed by atoms with Crippen LogP contribution in [0.3, 0.4) is 0 Å². The number of urea groups is 1. The van der Waals surface area contributed by atoms with Crippen LogP contribution in [-0.2, 0) is 6.54 Å². The van der Waals surface area contributed by atoms with Crippen LogP contribution in [0.5, 0.6) is 0 Å². The number of halogens is 1. The third kappa shape index (κ3) is 4.62. The fourth-order valence-corrected chi connectivity index (χ4v) is 3.29. The molecule has 154 valence electrons. The van der Waals surface area contributed by atoms with Crippen LogP contribution in [0.15, 0.2) is 61.2 Å². The van der Waals surface area contributed by atoms with Gasteiger partial charge in [-0.05, 0) is 42.0 Å². The number of hydrogen-bond donors (Lipinski definition) is 1. The Labute approximate surface area is 172 Å². The van der Waals surface area contributed by atoms with Crippen LogP contribution in [0.25, 0.3) is 0 Å². The van der Waals surface area contributed by atoms with Gasteiger partial charge in [0.05, 0.1) is 6.54 Å². The van der Waals surface area contributed by atoms with Gasteiger partial charge < -0.3 is 15.1 Å². The number of anilines is 1. The Kier molecular flexibility index (Phi) is 5.69. The van der Waals surface area contributed by atoms with Crippen LogP contribution in [0.1, 0.15) is 15.9 Å². The number of benzene rings is 2. The van der Waals surface area contributed by atoms with Gasteiger partial charge in [-0.2, -0.15) is 5.10 Å². The fraction of sp³-hybridized carbons (Fsp3) is 0.238. The van der Waals surface area contributed by atoms with Crippen LogP contribution < -0.4 is 5.32 Å². The highest BCUT2D eigenvalue weighted by atomic mass is 19.1. The maximum atomic E-state index is 13.0. The van der Waals surface area contributed by atoms with E-state index < -0.39 is 0 Å². The van der Waals surface area contributed by atoms with Crippen molar-refractivity contribution in [2.24, 2.45) is 0 Å². The van der Waals surface area contributed by atoms with Gasteiger partial charge in [-0.25, -0.2) is 18.9 Å². The molecule has 0 unspecified atom stereocenters. The zero-order valence-electron chi connectivity index (χ0n) is 16.2. The number of amides is 3. The first kappa shape index (κ1) is 19.6. The molecule has 0 aliphatic carbocycles. The van der Waals surface area contributed by atoms with Gasteiger partial charge in [-0.3, -0.25) is 4.79 Å². The minimum absolute atomic E-state index is 0.0547. The van der Waals surface area contributed by atoms with Crippen molar-refractivity contribution < 1.29 is 14.0 Å². The van der Waals surface area contributed by atoms with Gasteiger partial charge in [0.2, 0.25) is 0 Å². The van der Waals surface area contributed by atoms with Crippen molar-refractivity contribution in [1.29, 1.82) is 0 Å². The summed E-state index contributed by atoms with van der Waals surface area (Å²) in [6, 6.07) is 12.8. The molecule has 1 aliphatic heterocycles. The lowest BCUT2D eigenvalue weighted by Crippen LogP contribution is -2.51. The summed E-state index contributed by atoms with van der Waals surface area (Å²) in [5.74, 6) is -0.410. The van der Waals surface area contributed by atoms with Gasteiger partial charge in [-0.15, -0.1) is 0 Å². The summed E-state index contributed by atoms with van der Waals surface area (Å²) in [6.45, 7) is 2.37. The SMILES string of the molecule is O=C(Nc1ccc(F)cc1)N1CCN(C(=O)c2ccc(Cn3cncn3)cc2)CC1. The maximum absolute atomic E-state index is 13.0. The minimum atomic E-state index is -0.355. The van der Waals surface area contributed by atoms with E-state index in [1.54, 1.807) is 20.8 Å². The number of nitrogens with zero attached hydrogens (tertiary/aromatic N) is 5. The van der Waals surface area contributed by atoms with Crippen molar-refractivity contribution in [2.45, 2.75) is 6.54 Å². The van der Waals surface area contributed by atoms with Gasteiger partial charge in [0.15, 0.2) is 0 Å². The van der Waals surface area contributed by atoms with E-state index in [9.17, 15) is 14.0 Å². The molecule has 0 saturated carbocycles. The van der Waals surface area contributed by atoms with E-state index in [0.29, 0.717) is 44.0 Å². The highest BCUT2D eigenvalue weighted by Gasteiger charge is 2.25. The zero-order chi connectivity index (χ0) is 20.9. The number of nitrogens with one attached hydrogen (secondary N) is 1. The van der Waals surface area contributed by atoms with E-state index in [2.05, 4.69) is 15.4 Å². The summed E-state index contributed by atoms with van der Waals surface area (Å²) >= 11 is 0. The summed E-state index contributed by atoms with van der Waals surface area (Å²) in [7, 11) is 0. The van der Waals surface area contributed by atoms with Gasteiger partial charge in [-0.1, -0.05) is 12.1 Å². The van der Waals surface area contributed by atoms with E-state index in [-0.39, 0.29) is 17.8 Å². The van der Waals surface area contributed by atoms with Gasteiger partial charge in [0.25, 0.3) is 5.91 Å². The van der Waals surface area contributed by atoms with E-state index in [0.717, 1.165) is 5.56 Å². The van der Waals surface area contributed by atoms with Crippen molar-refractivity contribution in [3.63, 3.8) is 0 Å². The molecule has 1 aliphatic rings. The van der Waals surface area contributed by atoms with Crippen molar-refractivity contribution in [2.75, 3.05) is 31.5 Å². The summed E-state index contributed by atoms with van der Waals surface area (Å²) in [6.07, 6.45) is 3.13. The summed E-state index contributed by atoms with van der Waals surface area (Å²) in [5, 5.41) is 6.81. The molecular weight excluding hydrogens is 387 g/mol. The second-order valence-corrected chi connectivity index (χ2v) is 7.01. The number of piperazine rings is 1. The van der Waals surface area contributed by atoms with Crippen LogP contribution in [-0.4, -0.2) is 62.7 Å². The Morgan fingerprint density at radius 2 is 1.60 bits per heavy atom. The standard InChI is InChI=1S/C21H21FN6O2/c22-18-5-7-19(8-6-18)25-21(30)27-11-9-26(10-12-27)20(29)17-3-1-16(2-4-17)13-28-15-23-14-24-28/h1-8,14-15H,9-13H2,(H,25,30). The highest BCUT2D eigenvalue weighted by molar-refractivity contribution is 5.94. The molecule has 0 spiro atoms. The Hall–Kier alpha value is -3.75. The van der Waals surface area contributed by atoms with E-state index in [1.807, 2.05) is 24.3 Å². The quantitative estimate of drug-likeness (QED) is 0.719. The Morgan fingerprint density at radius 1 is 0.933 bits per heavy atom. The van der Waals surface area contributed by atoms with Crippen LogP contribution >= 0.6 is 0 Å². The molecule has 0 bridgehead atoms. The molecule has 30 heavy (non-hydrogen) atoms. The Bertz CT molecular complexity index is 997. The average molecular weight is 408 g/mol. The van der Waals surface area contributed by atoms with Gasteiger partial charge in [0.1, 0.15) is 18.5 Å². The lowest BCUT2D eigenvalue weighted by molar-refractivity contribution is 0.0671. The molecule has 3 aromatic rings. The largest absolute Gasteiger partial charge is 0.335 e. The summed E-state index contributed by atoms with van der Waals surface area (Å²) < 4.78 is 14.7. The number of aromatic nitrogens is 3. The highest BCUT2D eigenvalue weighted by Crippen LogP contribution is 2.13. The molecule has 2 aromatic carbocycles. The molecule has 1 N–H and O–H groups in total. The normalized spacial score (nSPS) is 13.9. The maximum Gasteiger partial charge on any atom is 0.321 e. The van der Waals surface area contributed by atoms with Crippen LogP contribution in [0, 0.1) is 5.82 Å². The van der Waals surface area contributed by atoms with Crippen molar-refractivity contribution in [1.82, 2.24) is 24.6 Å². The predicted octanol–water partition coefficient (Wildman–Crippen LogP) is 2.46. The minimum Gasteiger partial charge on any atom is -0.335 e. The zero-order valence-corrected chi connectivity index (χ0v) is 16.2. The lowest BCUT2D eigenvalue weighted by Gasteiger charge is -2.34. The number of hydrogen-bond acceptors (Lipinski definition) is 4. The smallest absolute Gasteiger partial charge is 0.321 e. The number of carbonyl (C=O) groups excluding carboxylic acids is 2. The fourth-order valence-electron chi connectivity index (χ4n) is 3.29. The molecule has 9 heteroatoms. The third-order valence-electron chi connectivity index (χ3n) is 4.96. The predicted molar refractivity (Wildman–Crippen MR) is 108 cm³/mol. The summed E-state index contributed by atoms with van der Waals surface area (Å²) in [5.41, 5.74) is 2.17. The topological polar surface area (TPSA) is 83.4 Å². The second kappa shape index (κ2) is 8.73. The molecule has 0 radical (unpaired) electrons. The van der Waals surface area contributed by atoms with Crippen molar-refractivity contribution >= 4 is 17.6 Å². The second-order valence-electron chi connectivity index (χ2n) is 7.01. The Morgan fingerprint density at radius 3 is 2.23 bits per heavy atom. The molecule has 1 aromatic heterocycles. The monoisotopic (exact) mass is 408 g/mol. The molecule has 1 fully saturated rings. The molecule has 0 atom stereocenters. The molecular formula is C21H21FN6O2. The first-order chi connectivity index (χ1) is 14.6. The third-order valence-corrected chi connectivity index (χ3v) is 4.96. The first-order valence-electron chi connectivity index (χ1n) is 9.60. The van der Waals surface area contributed by atoms with Crippen molar-refractivity contribution in [3.8, 4) is 0 Å². The lowest BCUT2D eigenvalue weighted by atomic mass is 10.1. The molecule has 2 heterocycles. The Balaban J connectivity index is 1.29. The van der Waals surface area contributed by atoms with Crippen molar-refractivity contribution in [3.05, 3.63) is 78.1 Å².